The van der Waals surface area contributed by atoms with E-state index in [1.165, 1.54) is 13.2 Å². The van der Waals surface area contributed by atoms with Crippen LogP contribution in [0.5, 0.6) is 5.75 Å². The molecule has 1 fully saturated rings. The number of alkyl halides is 3. The number of pyridine rings is 1. The molecule has 11 heteroatoms. The van der Waals surface area contributed by atoms with Crippen molar-refractivity contribution in [1.82, 2.24) is 24.5 Å². The summed E-state index contributed by atoms with van der Waals surface area (Å²) in [4.78, 5) is 4.39. The molecule has 7 nitrogen and oxygen atoms in total. The van der Waals surface area contributed by atoms with Crippen molar-refractivity contribution < 1.29 is 17.9 Å². The maximum absolute atomic E-state index is 13.2. The van der Waals surface area contributed by atoms with Crippen LogP contribution >= 0.6 is 15.9 Å². The van der Waals surface area contributed by atoms with Gasteiger partial charge in [-0.1, -0.05) is 0 Å². The molecule has 0 saturated heterocycles. The van der Waals surface area contributed by atoms with Crippen molar-refractivity contribution in [2.24, 2.45) is 7.05 Å². The number of nitrogens with zero attached hydrogens (tertiary/aromatic N) is 5. The molecule has 162 valence electrons. The van der Waals surface area contributed by atoms with E-state index < -0.39 is 11.9 Å². The monoisotopic (exact) mass is 486 g/mol. The van der Waals surface area contributed by atoms with E-state index in [-0.39, 0.29) is 17.9 Å². The van der Waals surface area contributed by atoms with Gasteiger partial charge in [0.25, 0.3) is 0 Å². The maximum Gasteiger partial charge on any atom is 0.438 e. The van der Waals surface area contributed by atoms with Crippen LogP contribution in [-0.4, -0.2) is 37.2 Å². The summed E-state index contributed by atoms with van der Waals surface area (Å²) in [6.07, 6.45) is 1.05. The summed E-state index contributed by atoms with van der Waals surface area (Å²) in [6.45, 7) is 2.78. The second-order valence-electron chi connectivity index (χ2n) is 7.41. The Bertz CT molecular complexity index is 1040. The first-order valence-corrected chi connectivity index (χ1v) is 10.6. The topological polar surface area (TPSA) is 69.8 Å². The minimum absolute atomic E-state index is 0.145. The number of fused-ring (bicyclic) bond motifs is 1. The maximum atomic E-state index is 13.2. The Kier molecular flexibility index (Phi) is 5.65. The van der Waals surface area contributed by atoms with Gasteiger partial charge in [-0.2, -0.15) is 23.4 Å². The van der Waals surface area contributed by atoms with Crippen molar-refractivity contribution in [1.29, 1.82) is 0 Å². The molecule has 0 atom stereocenters. The van der Waals surface area contributed by atoms with Crippen molar-refractivity contribution in [2.75, 3.05) is 11.9 Å². The van der Waals surface area contributed by atoms with Crippen molar-refractivity contribution in [3.63, 3.8) is 0 Å². The largest absolute Gasteiger partial charge is 0.486 e. The first-order chi connectivity index (χ1) is 14.3. The highest BCUT2D eigenvalue weighted by Gasteiger charge is 2.39. The standard InChI is InChI=1S/C19H22BrF3N6O/c1-3-24-16-8-14-13(9-25-16)18(20)27-29(14)11-4-6-12(7-5-11)30-15-10-28(2)26-17(15)19(21,22)23/h8-12H,3-7H2,1-2H3,(H,24,25). The zero-order chi connectivity index (χ0) is 21.5. The number of halogens is 4. The van der Waals surface area contributed by atoms with Crippen molar-refractivity contribution in [3.05, 3.63) is 28.8 Å². The fraction of sp³-hybridized carbons (Fsp3) is 0.526. The molecule has 3 aromatic rings. The SMILES string of the molecule is CCNc1cc2c(cn1)c(Br)nn2C1CCC(Oc2cn(C)nc2C(F)(F)F)CC1. The van der Waals surface area contributed by atoms with Gasteiger partial charge in [0, 0.05) is 25.9 Å². The van der Waals surface area contributed by atoms with Crippen LogP contribution in [0.1, 0.15) is 44.3 Å². The molecule has 30 heavy (non-hydrogen) atoms. The summed E-state index contributed by atoms with van der Waals surface area (Å²) < 4.78 is 49.0. The van der Waals surface area contributed by atoms with Gasteiger partial charge in [0.1, 0.15) is 10.4 Å². The Morgan fingerprint density at radius 1 is 1.23 bits per heavy atom. The smallest absolute Gasteiger partial charge is 0.438 e. The van der Waals surface area contributed by atoms with Gasteiger partial charge in [-0.25, -0.2) is 4.98 Å². The number of nitrogens with one attached hydrogen (secondary N) is 1. The Hall–Kier alpha value is -2.30. The second-order valence-corrected chi connectivity index (χ2v) is 8.17. The average molecular weight is 487 g/mol. The molecule has 0 amide bonds. The van der Waals surface area contributed by atoms with Crippen LogP contribution in [0.15, 0.2) is 23.1 Å². The fourth-order valence-electron chi connectivity index (χ4n) is 3.89. The zero-order valence-electron chi connectivity index (χ0n) is 16.6. The molecule has 1 saturated carbocycles. The van der Waals surface area contributed by atoms with Crippen LogP contribution in [0.4, 0.5) is 19.0 Å². The highest BCUT2D eigenvalue weighted by Crippen LogP contribution is 2.38. The molecule has 3 aromatic heterocycles. The van der Waals surface area contributed by atoms with Gasteiger partial charge in [0.05, 0.1) is 29.2 Å². The van der Waals surface area contributed by atoms with Gasteiger partial charge in [-0.15, -0.1) is 0 Å². The van der Waals surface area contributed by atoms with Crippen molar-refractivity contribution in [3.8, 4) is 5.75 Å². The number of anilines is 1. The van der Waals surface area contributed by atoms with Gasteiger partial charge in [-0.3, -0.25) is 9.36 Å². The number of hydrogen-bond donors (Lipinski definition) is 1. The van der Waals surface area contributed by atoms with E-state index in [0.29, 0.717) is 12.8 Å². The van der Waals surface area contributed by atoms with Crippen LogP contribution in [0, 0.1) is 0 Å². The number of ether oxygens (including phenoxy) is 1. The highest BCUT2D eigenvalue weighted by atomic mass is 79.9. The number of aryl methyl sites for hydroxylation is 1. The van der Waals surface area contributed by atoms with E-state index >= 15 is 0 Å². The molecular formula is C19H22BrF3N6O. The van der Waals surface area contributed by atoms with Crippen molar-refractivity contribution >= 4 is 32.7 Å². The Morgan fingerprint density at radius 3 is 2.63 bits per heavy atom. The average Bonchev–Trinajstić information content (AvgIpc) is 3.22. The molecule has 0 spiro atoms. The molecule has 1 aliphatic carbocycles. The third-order valence-electron chi connectivity index (χ3n) is 5.25. The third kappa shape index (κ3) is 4.12. The minimum atomic E-state index is -4.54. The lowest BCUT2D eigenvalue weighted by Gasteiger charge is -2.29. The third-order valence-corrected chi connectivity index (χ3v) is 5.84. The van der Waals surface area contributed by atoms with E-state index in [2.05, 4.69) is 36.4 Å². The molecule has 4 rings (SSSR count). The van der Waals surface area contributed by atoms with Crippen molar-refractivity contribution in [2.45, 2.75) is 50.9 Å². The van der Waals surface area contributed by atoms with Gasteiger partial charge in [0.15, 0.2) is 5.75 Å². The molecule has 1 N–H and O–H groups in total. The highest BCUT2D eigenvalue weighted by molar-refractivity contribution is 9.10. The predicted molar refractivity (Wildman–Crippen MR) is 110 cm³/mol. The summed E-state index contributed by atoms with van der Waals surface area (Å²) >= 11 is 3.50. The Labute approximate surface area is 179 Å². The molecule has 3 heterocycles. The molecule has 0 unspecified atom stereocenters. The molecule has 0 radical (unpaired) electrons. The number of rotatable bonds is 5. The lowest BCUT2D eigenvalue weighted by Crippen LogP contribution is -2.27. The van der Waals surface area contributed by atoms with Crippen LogP contribution in [0.3, 0.4) is 0 Å². The van der Waals surface area contributed by atoms with Crippen LogP contribution in [0.2, 0.25) is 0 Å². The van der Waals surface area contributed by atoms with Gasteiger partial charge in [0.2, 0.25) is 5.69 Å². The predicted octanol–water partition coefficient (Wildman–Crippen LogP) is 4.94. The lowest BCUT2D eigenvalue weighted by atomic mass is 9.93. The van der Waals surface area contributed by atoms with E-state index in [1.807, 2.05) is 17.7 Å². The van der Waals surface area contributed by atoms with Crippen LogP contribution in [-0.2, 0) is 13.2 Å². The summed E-state index contributed by atoms with van der Waals surface area (Å²) in [5, 5.41) is 12.3. The van der Waals surface area contributed by atoms with Gasteiger partial charge < -0.3 is 10.1 Å². The zero-order valence-corrected chi connectivity index (χ0v) is 18.2. The summed E-state index contributed by atoms with van der Waals surface area (Å²) in [7, 11) is 1.45. The lowest BCUT2D eigenvalue weighted by molar-refractivity contribution is -0.143. The Balaban J connectivity index is 1.48. The molecular weight excluding hydrogens is 465 g/mol. The second kappa shape index (κ2) is 8.09. The van der Waals surface area contributed by atoms with E-state index in [9.17, 15) is 13.2 Å². The summed E-state index contributed by atoms with van der Waals surface area (Å²) in [5.41, 5.74) is 0.00129. The van der Waals surface area contributed by atoms with Crippen LogP contribution < -0.4 is 10.1 Å². The summed E-state index contributed by atoms with van der Waals surface area (Å²) in [5.74, 6) is 0.578. The van der Waals surface area contributed by atoms with Gasteiger partial charge >= 0.3 is 6.18 Å². The number of aromatic nitrogens is 5. The van der Waals surface area contributed by atoms with E-state index in [1.54, 1.807) is 6.20 Å². The van der Waals surface area contributed by atoms with E-state index in [4.69, 9.17) is 4.74 Å². The minimum Gasteiger partial charge on any atom is -0.486 e. The summed E-state index contributed by atoms with van der Waals surface area (Å²) in [6, 6.07) is 2.12. The Morgan fingerprint density at radius 2 is 1.97 bits per heavy atom. The molecule has 1 aliphatic rings. The van der Waals surface area contributed by atoms with Gasteiger partial charge in [-0.05, 0) is 48.5 Å². The quantitative estimate of drug-likeness (QED) is 0.552. The first-order valence-electron chi connectivity index (χ1n) is 9.81. The molecule has 0 aromatic carbocycles. The number of hydrogen-bond acceptors (Lipinski definition) is 5. The fourth-order valence-corrected chi connectivity index (χ4v) is 4.36. The van der Waals surface area contributed by atoms with Crippen LogP contribution in [0.25, 0.3) is 10.9 Å². The normalized spacial score (nSPS) is 19.9. The first kappa shape index (κ1) is 21.0. The molecule has 0 aliphatic heterocycles. The molecule has 0 bridgehead atoms. The van der Waals surface area contributed by atoms with E-state index in [0.717, 1.165) is 45.4 Å².